The van der Waals surface area contributed by atoms with E-state index in [-0.39, 0.29) is 5.91 Å². The lowest BCUT2D eigenvalue weighted by molar-refractivity contribution is 0.102. The molecule has 2 aromatic carbocycles. The van der Waals surface area contributed by atoms with Gasteiger partial charge in [-0.05, 0) is 42.3 Å². The highest BCUT2D eigenvalue weighted by Gasteiger charge is 2.09. The first-order valence-corrected chi connectivity index (χ1v) is 8.63. The minimum atomic E-state index is -0.158. The van der Waals surface area contributed by atoms with E-state index in [0.717, 1.165) is 27.7 Å². The first-order valence-electron chi connectivity index (χ1n) is 7.27. The van der Waals surface area contributed by atoms with E-state index in [0.29, 0.717) is 10.6 Å². The molecule has 1 heterocycles. The molecule has 0 spiro atoms. The molecule has 3 aromatic rings. The summed E-state index contributed by atoms with van der Waals surface area (Å²) in [5, 5.41) is 10.9. The molecule has 1 aromatic heterocycles. The zero-order valence-electron chi connectivity index (χ0n) is 12.9. The molecule has 0 unspecified atom stereocenters. The fraction of sp³-hybridized carbons (Fsp3) is 0.118. The van der Waals surface area contributed by atoms with Crippen molar-refractivity contribution in [2.45, 2.75) is 17.8 Å². The number of carbonyl (C=O) groups excluding carboxylic acids is 1. The second-order valence-corrected chi connectivity index (χ2v) is 6.51. The Balaban J connectivity index is 1.64. The number of aromatic nitrogens is 3. The number of benzene rings is 2. The van der Waals surface area contributed by atoms with Crippen LogP contribution >= 0.6 is 23.4 Å². The summed E-state index contributed by atoms with van der Waals surface area (Å²) in [4.78, 5) is 16.4. The van der Waals surface area contributed by atoms with Crippen LogP contribution in [0.5, 0.6) is 0 Å². The van der Waals surface area contributed by atoms with Crippen molar-refractivity contribution >= 4 is 35.0 Å². The third kappa shape index (κ3) is 3.96. The molecule has 122 valence electrons. The molecule has 0 fully saturated rings. The number of nitrogens with one attached hydrogen (secondary N) is 2. The third-order valence-corrected chi connectivity index (χ3v) is 4.86. The van der Waals surface area contributed by atoms with E-state index < -0.39 is 0 Å². The van der Waals surface area contributed by atoms with E-state index >= 15 is 0 Å². The van der Waals surface area contributed by atoms with Crippen molar-refractivity contribution in [3.05, 3.63) is 70.5 Å². The lowest BCUT2D eigenvalue weighted by Gasteiger charge is -2.10. The number of anilines is 1. The molecule has 0 saturated heterocycles. The van der Waals surface area contributed by atoms with Gasteiger partial charge in [-0.1, -0.05) is 41.6 Å². The van der Waals surface area contributed by atoms with Gasteiger partial charge < -0.3 is 5.32 Å². The van der Waals surface area contributed by atoms with Gasteiger partial charge in [0.1, 0.15) is 6.33 Å². The predicted molar refractivity (Wildman–Crippen MR) is 96.5 cm³/mol. The summed E-state index contributed by atoms with van der Waals surface area (Å²) in [6, 6.07) is 12.9. The maximum Gasteiger partial charge on any atom is 0.255 e. The summed E-state index contributed by atoms with van der Waals surface area (Å²) in [7, 11) is 0. The van der Waals surface area contributed by atoms with Gasteiger partial charge in [0, 0.05) is 22.0 Å². The molecule has 3 rings (SSSR count). The van der Waals surface area contributed by atoms with Gasteiger partial charge in [0.15, 0.2) is 5.16 Å². The number of aromatic amines is 1. The Morgan fingerprint density at radius 1 is 1.25 bits per heavy atom. The zero-order chi connectivity index (χ0) is 16.9. The fourth-order valence-electron chi connectivity index (χ4n) is 2.11. The van der Waals surface area contributed by atoms with Crippen molar-refractivity contribution in [1.29, 1.82) is 0 Å². The summed E-state index contributed by atoms with van der Waals surface area (Å²) in [5.41, 5.74) is 3.28. The summed E-state index contributed by atoms with van der Waals surface area (Å²) >= 11 is 7.63. The lowest BCUT2D eigenvalue weighted by Crippen LogP contribution is -2.12. The monoisotopic (exact) mass is 358 g/mol. The normalized spacial score (nSPS) is 10.6. The largest absolute Gasteiger partial charge is 0.322 e. The van der Waals surface area contributed by atoms with Crippen LogP contribution in [0.3, 0.4) is 0 Å². The van der Waals surface area contributed by atoms with E-state index in [1.54, 1.807) is 17.8 Å². The van der Waals surface area contributed by atoms with Crippen molar-refractivity contribution in [2.24, 2.45) is 0 Å². The van der Waals surface area contributed by atoms with Crippen LogP contribution in [0.15, 0.2) is 53.9 Å². The van der Waals surface area contributed by atoms with E-state index in [1.165, 1.54) is 6.33 Å². The second-order valence-electron chi connectivity index (χ2n) is 5.14. The zero-order valence-corrected chi connectivity index (χ0v) is 14.5. The Bertz CT molecular complexity index is 834. The number of hydrogen-bond acceptors (Lipinski definition) is 4. The van der Waals surface area contributed by atoms with Crippen molar-refractivity contribution in [2.75, 3.05) is 5.32 Å². The minimum absolute atomic E-state index is 0.158. The van der Waals surface area contributed by atoms with Crippen molar-refractivity contribution < 1.29 is 4.79 Å². The molecule has 0 atom stereocenters. The third-order valence-electron chi connectivity index (χ3n) is 3.50. The topological polar surface area (TPSA) is 70.7 Å². The highest BCUT2D eigenvalue weighted by molar-refractivity contribution is 7.98. The summed E-state index contributed by atoms with van der Waals surface area (Å²) in [6.45, 7) is 1.88. The van der Waals surface area contributed by atoms with Gasteiger partial charge in [0.2, 0.25) is 0 Å². The van der Waals surface area contributed by atoms with Gasteiger partial charge in [-0.2, -0.15) is 5.10 Å². The molecule has 1 amide bonds. The Hall–Kier alpha value is -2.31. The molecule has 0 aliphatic rings. The average Bonchev–Trinajstić information content (AvgIpc) is 3.11. The number of amides is 1. The number of H-pyrrole nitrogens is 1. The van der Waals surface area contributed by atoms with Gasteiger partial charge in [-0.15, -0.1) is 0 Å². The van der Waals surface area contributed by atoms with Crippen LogP contribution < -0.4 is 5.32 Å². The Morgan fingerprint density at radius 3 is 2.75 bits per heavy atom. The number of thioether (sulfide) groups is 1. The molecule has 5 nitrogen and oxygen atoms in total. The summed E-state index contributed by atoms with van der Waals surface area (Å²) < 4.78 is 0. The quantitative estimate of drug-likeness (QED) is 0.667. The fourth-order valence-corrected chi connectivity index (χ4v) is 3.01. The Kier molecular flexibility index (Phi) is 5.17. The molecular weight excluding hydrogens is 344 g/mol. The van der Waals surface area contributed by atoms with Gasteiger partial charge in [0.05, 0.1) is 0 Å². The first kappa shape index (κ1) is 16.5. The van der Waals surface area contributed by atoms with Crippen LogP contribution in [-0.2, 0) is 5.75 Å². The number of rotatable bonds is 5. The maximum absolute atomic E-state index is 12.4. The molecule has 0 saturated carbocycles. The van der Waals surface area contributed by atoms with Gasteiger partial charge in [-0.25, -0.2) is 4.98 Å². The SMILES string of the molecule is Cc1c(Cl)cccc1NC(=O)c1ccc(CSc2ncn[nH]2)cc1. The molecule has 0 radical (unpaired) electrons. The average molecular weight is 359 g/mol. The van der Waals surface area contributed by atoms with E-state index in [9.17, 15) is 4.79 Å². The first-order chi connectivity index (χ1) is 11.6. The Morgan fingerprint density at radius 2 is 2.04 bits per heavy atom. The predicted octanol–water partition coefficient (Wildman–Crippen LogP) is 4.31. The number of nitrogens with zero attached hydrogens (tertiary/aromatic N) is 2. The van der Waals surface area contributed by atoms with Crippen LogP contribution in [0.4, 0.5) is 5.69 Å². The van der Waals surface area contributed by atoms with Crippen LogP contribution in [0.2, 0.25) is 5.02 Å². The molecule has 0 aliphatic carbocycles. The highest BCUT2D eigenvalue weighted by Crippen LogP contribution is 2.24. The highest BCUT2D eigenvalue weighted by atomic mass is 35.5. The van der Waals surface area contributed by atoms with Crippen molar-refractivity contribution in [3.63, 3.8) is 0 Å². The smallest absolute Gasteiger partial charge is 0.255 e. The molecule has 24 heavy (non-hydrogen) atoms. The number of halogens is 1. The van der Waals surface area contributed by atoms with Gasteiger partial charge >= 0.3 is 0 Å². The van der Waals surface area contributed by atoms with Gasteiger partial charge in [0.25, 0.3) is 5.91 Å². The van der Waals surface area contributed by atoms with E-state index in [4.69, 9.17) is 11.6 Å². The molecule has 2 N–H and O–H groups in total. The van der Waals surface area contributed by atoms with E-state index in [2.05, 4.69) is 20.5 Å². The maximum atomic E-state index is 12.4. The van der Waals surface area contributed by atoms with Crippen molar-refractivity contribution in [1.82, 2.24) is 15.2 Å². The van der Waals surface area contributed by atoms with Crippen LogP contribution in [0.1, 0.15) is 21.5 Å². The second kappa shape index (κ2) is 7.51. The van der Waals surface area contributed by atoms with Crippen molar-refractivity contribution in [3.8, 4) is 0 Å². The van der Waals surface area contributed by atoms with Gasteiger partial charge in [-0.3, -0.25) is 9.89 Å². The molecule has 0 bridgehead atoms. The van der Waals surface area contributed by atoms with E-state index in [1.807, 2.05) is 43.3 Å². The minimum Gasteiger partial charge on any atom is -0.322 e. The standard InChI is InChI=1S/C17H15ClN4OS/c1-11-14(18)3-2-4-15(11)21-16(23)13-7-5-12(6-8-13)9-24-17-19-10-20-22-17/h2-8,10H,9H2,1H3,(H,21,23)(H,19,20,22). The van der Waals surface area contributed by atoms with Crippen LogP contribution in [-0.4, -0.2) is 21.1 Å². The Labute approximate surface area is 148 Å². The lowest BCUT2D eigenvalue weighted by atomic mass is 10.1. The summed E-state index contributed by atoms with van der Waals surface area (Å²) in [5.74, 6) is 0.597. The molecule has 7 heteroatoms. The number of carbonyl (C=O) groups is 1. The summed E-state index contributed by atoms with van der Waals surface area (Å²) in [6.07, 6.45) is 1.48. The van der Waals surface area contributed by atoms with Crippen LogP contribution in [0, 0.1) is 6.92 Å². The molecule has 0 aliphatic heterocycles. The molecular formula is C17H15ClN4OS. The van der Waals surface area contributed by atoms with Crippen LogP contribution in [0.25, 0.3) is 0 Å². The number of hydrogen-bond donors (Lipinski definition) is 2.